The van der Waals surface area contributed by atoms with E-state index in [9.17, 15) is 18.0 Å². The molecule has 0 saturated carbocycles. The van der Waals surface area contributed by atoms with E-state index in [0.29, 0.717) is 6.54 Å². The molecule has 1 saturated heterocycles. The van der Waals surface area contributed by atoms with Crippen LogP contribution in [0.1, 0.15) is 6.42 Å². The first-order chi connectivity index (χ1) is 11.4. The number of benzene rings is 1. The molecule has 24 heavy (non-hydrogen) atoms. The van der Waals surface area contributed by atoms with Crippen LogP contribution in [0.4, 0.5) is 18.9 Å². The first-order valence-electron chi connectivity index (χ1n) is 7.81. The van der Waals surface area contributed by atoms with Gasteiger partial charge < -0.3 is 20.3 Å². The minimum atomic E-state index is -4.30. The van der Waals surface area contributed by atoms with Crippen LogP contribution in [0.3, 0.4) is 0 Å². The van der Waals surface area contributed by atoms with E-state index in [1.165, 1.54) is 0 Å². The van der Waals surface area contributed by atoms with E-state index in [0.717, 1.165) is 30.9 Å². The van der Waals surface area contributed by atoms with E-state index < -0.39 is 18.6 Å². The summed E-state index contributed by atoms with van der Waals surface area (Å²) in [5.74, 6) is 0.648. The Morgan fingerprint density at radius 3 is 2.83 bits per heavy atom. The molecule has 0 spiro atoms. The zero-order valence-corrected chi connectivity index (χ0v) is 13.5. The number of methoxy groups -OCH3 is 1. The highest BCUT2D eigenvalue weighted by molar-refractivity contribution is 5.78. The maximum atomic E-state index is 12.0. The molecule has 1 fully saturated rings. The molecule has 5 nitrogen and oxygen atoms in total. The molecule has 1 aromatic carbocycles. The van der Waals surface area contributed by atoms with Crippen LogP contribution < -0.4 is 20.3 Å². The van der Waals surface area contributed by atoms with E-state index in [1.807, 2.05) is 24.3 Å². The first-order valence-corrected chi connectivity index (χ1v) is 7.81. The molecule has 0 radical (unpaired) electrons. The summed E-state index contributed by atoms with van der Waals surface area (Å²) in [5, 5.41) is 4.77. The van der Waals surface area contributed by atoms with Gasteiger partial charge in [0.1, 0.15) is 5.75 Å². The number of amides is 1. The van der Waals surface area contributed by atoms with Crippen molar-refractivity contribution in [3.8, 4) is 5.75 Å². The third-order valence-corrected chi connectivity index (χ3v) is 3.91. The number of ether oxygens (including phenoxy) is 1. The van der Waals surface area contributed by atoms with Crippen LogP contribution in [-0.4, -0.2) is 51.9 Å². The molecule has 1 aromatic rings. The Hall–Kier alpha value is -1.96. The molecule has 1 aliphatic rings. The third kappa shape index (κ3) is 5.59. The van der Waals surface area contributed by atoms with Gasteiger partial charge in [-0.15, -0.1) is 0 Å². The topological polar surface area (TPSA) is 53.6 Å². The summed E-state index contributed by atoms with van der Waals surface area (Å²) in [5.41, 5.74) is 1.01. The van der Waals surface area contributed by atoms with Crippen LogP contribution in [0.2, 0.25) is 0 Å². The lowest BCUT2D eigenvalue weighted by molar-refractivity contribution is -0.128. The highest BCUT2D eigenvalue weighted by Crippen LogP contribution is 2.31. The summed E-state index contributed by atoms with van der Waals surface area (Å²) >= 11 is 0. The lowest BCUT2D eigenvalue weighted by Crippen LogP contribution is -2.40. The maximum Gasteiger partial charge on any atom is 0.401 e. The number of hydrogen-bond donors (Lipinski definition) is 2. The summed E-state index contributed by atoms with van der Waals surface area (Å²) in [4.78, 5) is 13.8. The summed E-state index contributed by atoms with van der Waals surface area (Å²) in [7, 11) is 1.63. The second-order valence-corrected chi connectivity index (χ2v) is 5.80. The number of nitrogens with zero attached hydrogens (tertiary/aromatic N) is 1. The minimum absolute atomic E-state index is 0.265. The number of nitrogens with one attached hydrogen (secondary N) is 2. The first kappa shape index (κ1) is 18.4. The van der Waals surface area contributed by atoms with Crippen molar-refractivity contribution < 1.29 is 22.7 Å². The van der Waals surface area contributed by atoms with Gasteiger partial charge >= 0.3 is 6.18 Å². The van der Waals surface area contributed by atoms with Crippen molar-refractivity contribution >= 4 is 11.6 Å². The van der Waals surface area contributed by atoms with Crippen molar-refractivity contribution in [3.05, 3.63) is 24.3 Å². The summed E-state index contributed by atoms with van der Waals surface area (Å²) < 4.78 is 41.3. The predicted octanol–water partition coefficient (Wildman–Crippen LogP) is 1.79. The molecule has 1 amide bonds. The van der Waals surface area contributed by atoms with Crippen LogP contribution >= 0.6 is 0 Å². The molecular formula is C16H22F3N3O2. The zero-order chi connectivity index (χ0) is 17.6. The number of halogens is 3. The van der Waals surface area contributed by atoms with Gasteiger partial charge in [0.25, 0.3) is 0 Å². The summed E-state index contributed by atoms with van der Waals surface area (Å²) in [6.45, 7) is 0.593. The number of carbonyl (C=O) groups excluding carboxylic acids is 1. The summed E-state index contributed by atoms with van der Waals surface area (Å²) in [6, 6.07) is 7.74. The van der Waals surface area contributed by atoms with Gasteiger partial charge in [-0.05, 0) is 24.5 Å². The smallest absolute Gasteiger partial charge is 0.401 e. The SMILES string of the molecule is COc1ccccc1N1CCC(CNC(=O)CNCC(F)(F)F)C1. The quantitative estimate of drug-likeness (QED) is 0.791. The van der Waals surface area contributed by atoms with Crippen molar-refractivity contribution in [1.29, 1.82) is 0 Å². The number of carbonyl (C=O) groups is 1. The van der Waals surface area contributed by atoms with Gasteiger partial charge in [-0.1, -0.05) is 12.1 Å². The lowest BCUT2D eigenvalue weighted by atomic mass is 10.1. The minimum Gasteiger partial charge on any atom is -0.495 e. The van der Waals surface area contributed by atoms with Gasteiger partial charge in [0.05, 0.1) is 25.9 Å². The second-order valence-electron chi connectivity index (χ2n) is 5.80. The van der Waals surface area contributed by atoms with Crippen molar-refractivity contribution in [2.45, 2.75) is 12.6 Å². The maximum absolute atomic E-state index is 12.0. The Labute approximate surface area is 139 Å². The molecule has 1 aliphatic heterocycles. The molecule has 1 unspecified atom stereocenters. The van der Waals surface area contributed by atoms with Gasteiger partial charge in [-0.3, -0.25) is 4.79 Å². The number of para-hydroxylation sites is 2. The van der Waals surface area contributed by atoms with Gasteiger partial charge in [0, 0.05) is 19.6 Å². The second kappa shape index (κ2) is 8.23. The molecule has 0 bridgehead atoms. The Morgan fingerprint density at radius 1 is 1.38 bits per heavy atom. The normalized spacial score (nSPS) is 17.8. The van der Waals surface area contributed by atoms with E-state index >= 15 is 0 Å². The number of rotatable bonds is 7. The van der Waals surface area contributed by atoms with Gasteiger partial charge in [0.15, 0.2) is 0 Å². The average Bonchev–Trinajstić information content (AvgIpc) is 3.00. The number of hydrogen-bond acceptors (Lipinski definition) is 4. The van der Waals surface area contributed by atoms with Gasteiger partial charge in [-0.25, -0.2) is 0 Å². The standard InChI is InChI=1S/C16H22F3N3O2/c1-24-14-5-3-2-4-13(14)22-7-6-12(10-22)8-21-15(23)9-20-11-16(17,18)19/h2-5,12,20H,6-11H2,1H3,(H,21,23). The molecule has 134 valence electrons. The van der Waals surface area contributed by atoms with E-state index in [4.69, 9.17) is 4.74 Å². The fraction of sp³-hybridized carbons (Fsp3) is 0.562. The van der Waals surface area contributed by atoms with E-state index in [2.05, 4.69) is 15.5 Å². The van der Waals surface area contributed by atoms with Crippen molar-refractivity contribution in [2.24, 2.45) is 5.92 Å². The highest BCUT2D eigenvalue weighted by Gasteiger charge is 2.27. The molecule has 2 N–H and O–H groups in total. The van der Waals surface area contributed by atoms with Gasteiger partial charge in [-0.2, -0.15) is 13.2 Å². The van der Waals surface area contributed by atoms with Crippen LogP contribution in [0.15, 0.2) is 24.3 Å². The monoisotopic (exact) mass is 345 g/mol. The Kier molecular flexibility index (Phi) is 6.30. The van der Waals surface area contributed by atoms with Crippen molar-refractivity contribution in [3.63, 3.8) is 0 Å². The molecule has 2 rings (SSSR count). The van der Waals surface area contributed by atoms with Gasteiger partial charge in [0.2, 0.25) is 5.91 Å². The van der Waals surface area contributed by atoms with E-state index in [-0.39, 0.29) is 12.5 Å². The van der Waals surface area contributed by atoms with Crippen LogP contribution in [0.5, 0.6) is 5.75 Å². The lowest BCUT2D eigenvalue weighted by Gasteiger charge is -2.21. The van der Waals surface area contributed by atoms with E-state index in [1.54, 1.807) is 7.11 Å². The Balaban J connectivity index is 1.73. The summed E-state index contributed by atoms with van der Waals surface area (Å²) in [6.07, 6.45) is -3.39. The fourth-order valence-corrected chi connectivity index (χ4v) is 2.75. The highest BCUT2D eigenvalue weighted by atomic mass is 19.4. The van der Waals surface area contributed by atoms with Crippen molar-refractivity contribution in [2.75, 3.05) is 44.7 Å². The number of anilines is 1. The Morgan fingerprint density at radius 2 is 2.12 bits per heavy atom. The number of alkyl halides is 3. The molecule has 0 aliphatic carbocycles. The Bertz CT molecular complexity index is 552. The molecular weight excluding hydrogens is 323 g/mol. The predicted molar refractivity (Wildman–Crippen MR) is 85.2 cm³/mol. The fourth-order valence-electron chi connectivity index (χ4n) is 2.75. The third-order valence-electron chi connectivity index (χ3n) is 3.91. The molecule has 1 heterocycles. The molecule has 8 heteroatoms. The zero-order valence-electron chi connectivity index (χ0n) is 13.5. The molecule has 0 aromatic heterocycles. The van der Waals surface area contributed by atoms with Crippen LogP contribution in [0.25, 0.3) is 0 Å². The molecule has 1 atom stereocenters. The van der Waals surface area contributed by atoms with Crippen LogP contribution in [0, 0.1) is 5.92 Å². The largest absolute Gasteiger partial charge is 0.495 e. The average molecular weight is 345 g/mol. The van der Waals surface area contributed by atoms with Crippen molar-refractivity contribution in [1.82, 2.24) is 10.6 Å². The van der Waals surface area contributed by atoms with Crippen LogP contribution in [-0.2, 0) is 4.79 Å².